The standard InChI is InChI=1S/C16H26N4O4S.ClH/c1-12-8-14(24-19-12)11-25(22,23)20-7-3-4-13(10-20)9-18-16(21)15-5-2-6-17-15;/h8,13,15,17H,2-7,9-11H2,1H3,(H,18,21);1H. The van der Waals surface area contributed by atoms with Crippen LogP contribution >= 0.6 is 12.4 Å². The van der Waals surface area contributed by atoms with Gasteiger partial charge in [-0.05, 0) is 45.1 Å². The predicted molar refractivity (Wildman–Crippen MR) is 99.4 cm³/mol. The van der Waals surface area contributed by atoms with Gasteiger partial charge in [0.15, 0.2) is 5.76 Å². The molecule has 1 aromatic heterocycles. The lowest BCUT2D eigenvalue weighted by molar-refractivity contribution is -0.123. The molecule has 1 aromatic rings. The minimum atomic E-state index is -3.44. The monoisotopic (exact) mass is 406 g/mol. The molecule has 0 saturated carbocycles. The molecule has 0 aromatic carbocycles. The average Bonchev–Trinajstić information content (AvgIpc) is 3.24. The fourth-order valence-electron chi connectivity index (χ4n) is 3.48. The second-order valence-corrected chi connectivity index (χ2v) is 8.92. The Bertz CT molecular complexity index is 703. The fourth-order valence-corrected chi connectivity index (χ4v) is 5.00. The summed E-state index contributed by atoms with van der Waals surface area (Å²) in [5.41, 5.74) is 0.671. The van der Waals surface area contributed by atoms with Gasteiger partial charge in [0.1, 0.15) is 5.75 Å². The molecule has 10 heteroatoms. The topological polar surface area (TPSA) is 105 Å². The maximum Gasteiger partial charge on any atom is 0.237 e. The lowest BCUT2D eigenvalue weighted by Crippen LogP contribution is -2.46. The fraction of sp³-hybridized carbons (Fsp3) is 0.750. The van der Waals surface area contributed by atoms with E-state index in [1.165, 1.54) is 4.31 Å². The molecule has 2 saturated heterocycles. The zero-order valence-electron chi connectivity index (χ0n) is 14.9. The number of hydrogen-bond donors (Lipinski definition) is 2. The minimum Gasteiger partial charge on any atom is -0.360 e. The van der Waals surface area contributed by atoms with Gasteiger partial charge in [-0.3, -0.25) is 4.79 Å². The summed E-state index contributed by atoms with van der Waals surface area (Å²) in [6.07, 6.45) is 3.62. The van der Waals surface area contributed by atoms with E-state index in [0.29, 0.717) is 31.1 Å². The molecule has 148 valence electrons. The van der Waals surface area contributed by atoms with Gasteiger partial charge in [0, 0.05) is 25.7 Å². The number of halogens is 1. The number of carbonyl (C=O) groups excluding carboxylic acids is 1. The maximum atomic E-state index is 12.6. The highest BCUT2D eigenvalue weighted by Gasteiger charge is 2.31. The minimum absolute atomic E-state index is 0. The molecule has 2 N–H and O–H groups in total. The molecular formula is C16H27ClN4O4S. The highest BCUT2D eigenvalue weighted by molar-refractivity contribution is 7.88. The first kappa shape index (κ1) is 21.1. The van der Waals surface area contributed by atoms with Crippen LogP contribution in [0.2, 0.25) is 0 Å². The van der Waals surface area contributed by atoms with Gasteiger partial charge in [0.05, 0.1) is 11.7 Å². The summed E-state index contributed by atoms with van der Waals surface area (Å²) >= 11 is 0. The Morgan fingerprint density at radius 3 is 2.88 bits per heavy atom. The number of nitrogens with zero attached hydrogens (tertiary/aromatic N) is 2. The third-order valence-corrected chi connectivity index (χ3v) is 6.59. The van der Waals surface area contributed by atoms with Crippen LogP contribution in [0.5, 0.6) is 0 Å². The number of carbonyl (C=O) groups is 1. The number of rotatable bonds is 6. The number of hydrogen-bond acceptors (Lipinski definition) is 6. The van der Waals surface area contributed by atoms with E-state index in [9.17, 15) is 13.2 Å². The second-order valence-electron chi connectivity index (χ2n) is 6.95. The summed E-state index contributed by atoms with van der Waals surface area (Å²) in [6.45, 7) is 4.12. The summed E-state index contributed by atoms with van der Waals surface area (Å²) in [5, 5.41) is 9.88. The number of aryl methyl sites for hydroxylation is 1. The molecule has 0 aliphatic carbocycles. The Morgan fingerprint density at radius 2 is 2.23 bits per heavy atom. The van der Waals surface area contributed by atoms with Crippen LogP contribution in [-0.4, -0.2) is 56.0 Å². The van der Waals surface area contributed by atoms with Crippen molar-refractivity contribution in [1.82, 2.24) is 20.1 Å². The molecule has 2 aliphatic rings. The van der Waals surface area contributed by atoms with Crippen LogP contribution in [0.25, 0.3) is 0 Å². The Hall–Kier alpha value is -1.16. The van der Waals surface area contributed by atoms with Gasteiger partial charge in [0.25, 0.3) is 0 Å². The smallest absolute Gasteiger partial charge is 0.237 e. The van der Waals surface area contributed by atoms with Crippen molar-refractivity contribution >= 4 is 28.3 Å². The highest BCUT2D eigenvalue weighted by atomic mass is 35.5. The quantitative estimate of drug-likeness (QED) is 0.724. The molecular weight excluding hydrogens is 380 g/mol. The molecule has 2 aliphatic heterocycles. The molecule has 3 rings (SSSR count). The zero-order chi connectivity index (χ0) is 17.9. The van der Waals surface area contributed by atoms with Crippen LogP contribution in [0.3, 0.4) is 0 Å². The number of amides is 1. The van der Waals surface area contributed by atoms with E-state index in [1.807, 2.05) is 0 Å². The van der Waals surface area contributed by atoms with Crippen molar-refractivity contribution in [2.24, 2.45) is 5.92 Å². The molecule has 2 atom stereocenters. The number of nitrogens with one attached hydrogen (secondary N) is 2. The summed E-state index contributed by atoms with van der Waals surface area (Å²) < 4.78 is 31.7. The van der Waals surface area contributed by atoms with Crippen LogP contribution < -0.4 is 10.6 Å². The zero-order valence-corrected chi connectivity index (χ0v) is 16.6. The van der Waals surface area contributed by atoms with Crippen molar-refractivity contribution in [2.75, 3.05) is 26.2 Å². The first-order valence-corrected chi connectivity index (χ1v) is 10.5. The largest absolute Gasteiger partial charge is 0.360 e. The molecule has 1 amide bonds. The van der Waals surface area contributed by atoms with Crippen molar-refractivity contribution in [3.05, 3.63) is 17.5 Å². The molecule has 0 bridgehead atoms. The van der Waals surface area contributed by atoms with Crippen LogP contribution in [0, 0.1) is 12.8 Å². The van der Waals surface area contributed by atoms with Gasteiger partial charge in [0.2, 0.25) is 15.9 Å². The van der Waals surface area contributed by atoms with Crippen LogP contribution in [0.15, 0.2) is 10.6 Å². The van der Waals surface area contributed by atoms with Crippen molar-refractivity contribution < 1.29 is 17.7 Å². The van der Waals surface area contributed by atoms with Gasteiger partial charge in [-0.1, -0.05) is 5.16 Å². The van der Waals surface area contributed by atoms with Crippen molar-refractivity contribution in [3.8, 4) is 0 Å². The van der Waals surface area contributed by atoms with E-state index < -0.39 is 10.0 Å². The van der Waals surface area contributed by atoms with Gasteiger partial charge in [-0.15, -0.1) is 12.4 Å². The van der Waals surface area contributed by atoms with Crippen LogP contribution in [0.4, 0.5) is 0 Å². The molecule has 0 radical (unpaired) electrons. The molecule has 8 nitrogen and oxygen atoms in total. The van der Waals surface area contributed by atoms with Crippen LogP contribution in [-0.2, 0) is 20.6 Å². The maximum absolute atomic E-state index is 12.6. The molecule has 2 fully saturated rings. The Labute approximate surface area is 160 Å². The van der Waals surface area contributed by atoms with E-state index in [4.69, 9.17) is 4.52 Å². The number of piperidine rings is 1. The van der Waals surface area contributed by atoms with E-state index in [-0.39, 0.29) is 36.0 Å². The third-order valence-electron chi connectivity index (χ3n) is 4.82. The lowest BCUT2D eigenvalue weighted by atomic mass is 9.99. The van der Waals surface area contributed by atoms with Gasteiger partial charge in [-0.2, -0.15) is 0 Å². The van der Waals surface area contributed by atoms with Crippen molar-refractivity contribution in [1.29, 1.82) is 0 Å². The van der Waals surface area contributed by atoms with E-state index in [0.717, 1.165) is 32.2 Å². The summed E-state index contributed by atoms with van der Waals surface area (Å²) in [5.74, 6) is 0.360. The summed E-state index contributed by atoms with van der Waals surface area (Å²) in [4.78, 5) is 12.1. The lowest BCUT2D eigenvalue weighted by Gasteiger charge is -2.32. The van der Waals surface area contributed by atoms with E-state index in [1.54, 1.807) is 13.0 Å². The Morgan fingerprint density at radius 1 is 1.42 bits per heavy atom. The molecule has 3 heterocycles. The Kier molecular flexibility index (Phi) is 7.45. The summed E-state index contributed by atoms with van der Waals surface area (Å²) in [7, 11) is -3.44. The highest BCUT2D eigenvalue weighted by Crippen LogP contribution is 2.21. The number of aromatic nitrogens is 1. The first-order valence-electron chi connectivity index (χ1n) is 8.85. The van der Waals surface area contributed by atoms with Gasteiger partial charge >= 0.3 is 0 Å². The predicted octanol–water partition coefficient (Wildman–Crippen LogP) is 0.815. The molecule has 0 spiro atoms. The molecule has 2 unspecified atom stereocenters. The third kappa shape index (κ3) is 5.42. The van der Waals surface area contributed by atoms with Crippen LogP contribution in [0.1, 0.15) is 37.1 Å². The summed E-state index contributed by atoms with van der Waals surface area (Å²) in [6, 6.07) is 1.55. The van der Waals surface area contributed by atoms with E-state index in [2.05, 4.69) is 15.8 Å². The van der Waals surface area contributed by atoms with Crippen molar-refractivity contribution in [3.63, 3.8) is 0 Å². The Balaban J connectivity index is 0.00000243. The normalized spacial score (nSPS) is 24.2. The molecule has 26 heavy (non-hydrogen) atoms. The number of sulfonamides is 1. The average molecular weight is 407 g/mol. The van der Waals surface area contributed by atoms with Gasteiger partial charge in [-0.25, -0.2) is 12.7 Å². The SMILES string of the molecule is Cc1cc(CS(=O)(=O)N2CCCC(CNC(=O)C3CCCN3)C2)on1.Cl. The first-order chi connectivity index (χ1) is 11.9. The van der Waals surface area contributed by atoms with Gasteiger partial charge < -0.3 is 15.2 Å². The van der Waals surface area contributed by atoms with E-state index >= 15 is 0 Å². The second kappa shape index (κ2) is 9.16. The van der Waals surface area contributed by atoms with Crippen molar-refractivity contribution in [2.45, 2.75) is 44.4 Å².